The number of ether oxygens (including phenoxy) is 5. The molecular weight excluding hydrogens is 400 g/mol. The minimum atomic E-state index is -1.43. The summed E-state index contributed by atoms with van der Waals surface area (Å²) in [5, 5.41) is 0. The van der Waals surface area contributed by atoms with Crippen LogP contribution >= 0.6 is 0 Å². The van der Waals surface area contributed by atoms with E-state index in [9.17, 15) is 24.0 Å². The van der Waals surface area contributed by atoms with Gasteiger partial charge in [-0.2, -0.15) is 0 Å². The van der Waals surface area contributed by atoms with Crippen molar-refractivity contribution in [1.82, 2.24) is 0 Å². The van der Waals surface area contributed by atoms with Gasteiger partial charge >= 0.3 is 23.9 Å². The zero-order chi connectivity index (χ0) is 22.0. The van der Waals surface area contributed by atoms with Crippen LogP contribution in [0.15, 0.2) is 12.2 Å². The van der Waals surface area contributed by atoms with E-state index < -0.39 is 66.9 Å². The Morgan fingerprint density at radius 2 is 1.90 bits per heavy atom. The molecule has 3 fully saturated rings. The number of Topliss-reactive ketones (excluding diaryl/α,β-unsaturated/α-hetero) is 1. The number of carbonyl (C=O) groups is 5. The van der Waals surface area contributed by atoms with Gasteiger partial charge in [0.1, 0.15) is 24.0 Å². The van der Waals surface area contributed by atoms with Gasteiger partial charge in [0.25, 0.3) is 0 Å². The Hall–Kier alpha value is -2.75. The van der Waals surface area contributed by atoms with Crippen LogP contribution in [0.2, 0.25) is 0 Å². The van der Waals surface area contributed by atoms with Gasteiger partial charge in [-0.25, -0.2) is 9.59 Å². The first-order valence-electron chi connectivity index (χ1n) is 9.80. The van der Waals surface area contributed by atoms with Crippen molar-refractivity contribution >= 4 is 29.7 Å². The van der Waals surface area contributed by atoms with E-state index in [1.54, 1.807) is 6.92 Å². The number of cyclic esters (lactones) is 1. The molecule has 0 radical (unpaired) electrons. The van der Waals surface area contributed by atoms with Gasteiger partial charge in [0.15, 0.2) is 18.5 Å². The Balaban J connectivity index is 1.70. The standard InChI is InChI=1S/C20H24O10/c1-9(2)17(23)26-8-13(22)29-20-15(14-16(30-20)10(3)27-18(14)24)19(25)28-12-7-5-4-6-11(12)21/h10,12,14-16,20H,1,4-8H2,2-3H3. The maximum Gasteiger partial charge on any atom is 0.346 e. The molecular formula is C20H24O10. The van der Waals surface area contributed by atoms with Crippen molar-refractivity contribution in [2.75, 3.05) is 6.61 Å². The predicted octanol–water partition coefficient (Wildman–Crippen LogP) is 0.606. The highest BCUT2D eigenvalue weighted by molar-refractivity contribution is 5.90. The molecule has 30 heavy (non-hydrogen) atoms. The summed E-state index contributed by atoms with van der Waals surface area (Å²) in [7, 11) is 0. The second-order valence-electron chi connectivity index (χ2n) is 7.65. The molecule has 2 saturated heterocycles. The molecule has 1 saturated carbocycles. The maximum absolute atomic E-state index is 12.9. The van der Waals surface area contributed by atoms with Crippen LogP contribution in [0.25, 0.3) is 0 Å². The topological polar surface area (TPSA) is 132 Å². The molecule has 6 unspecified atom stereocenters. The summed E-state index contributed by atoms with van der Waals surface area (Å²) < 4.78 is 26.0. The monoisotopic (exact) mass is 424 g/mol. The van der Waals surface area contributed by atoms with Gasteiger partial charge in [0, 0.05) is 12.0 Å². The minimum Gasteiger partial charge on any atom is -0.460 e. The fourth-order valence-corrected chi connectivity index (χ4v) is 3.77. The molecule has 2 heterocycles. The van der Waals surface area contributed by atoms with Crippen molar-refractivity contribution in [1.29, 1.82) is 0 Å². The van der Waals surface area contributed by atoms with E-state index in [4.69, 9.17) is 23.7 Å². The first-order chi connectivity index (χ1) is 14.2. The number of ketones is 1. The smallest absolute Gasteiger partial charge is 0.346 e. The fourth-order valence-electron chi connectivity index (χ4n) is 3.77. The molecule has 0 bridgehead atoms. The third kappa shape index (κ3) is 4.53. The molecule has 0 N–H and O–H groups in total. The molecule has 6 atom stereocenters. The summed E-state index contributed by atoms with van der Waals surface area (Å²) in [6.07, 6.45) is -1.61. The van der Waals surface area contributed by atoms with Crippen LogP contribution in [0, 0.1) is 11.8 Å². The summed E-state index contributed by atoms with van der Waals surface area (Å²) in [5.74, 6) is -5.79. The van der Waals surface area contributed by atoms with Crippen LogP contribution in [0.5, 0.6) is 0 Å². The van der Waals surface area contributed by atoms with Gasteiger partial charge in [-0.05, 0) is 33.1 Å². The Morgan fingerprint density at radius 1 is 1.17 bits per heavy atom. The highest BCUT2D eigenvalue weighted by Crippen LogP contribution is 2.42. The van der Waals surface area contributed by atoms with Crippen molar-refractivity contribution in [3.8, 4) is 0 Å². The second kappa shape index (κ2) is 8.95. The minimum absolute atomic E-state index is 0.102. The van der Waals surface area contributed by atoms with E-state index in [1.807, 2.05) is 0 Å². The van der Waals surface area contributed by atoms with Crippen LogP contribution < -0.4 is 0 Å². The van der Waals surface area contributed by atoms with Crippen LogP contribution in [0.1, 0.15) is 39.5 Å². The lowest BCUT2D eigenvalue weighted by Gasteiger charge is -2.25. The van der Waals surface area contributed by atoms with Gasteiger partial charge in [0.2, 0.25) is 6.29 Å². The normalized spacial score (nSPS) is 32.7. The maximum atomic E-state index is 12.9. The average Bonchev–Trinajstić information content (AvgIpc) is 3.18. The predicted molar refractivity (Wildman–Crippen MR) is 96.4 cm³/mol. The quantitative estimate of drug-likeness (QED) is 0.339. The van der Waals surface area contributed by atoms with Gasteiger partial charge in [-0.3, -0.25) is 14.4 Å². The number of carbonyl (C=O) groups excluding carboxylic acids is 5. The molecule has 164 valence electrons. The van der Waals surface area contributed by atoms with E-state index in [1.165, 1.54) is 6.92 Å². The van der Waals surface area contributed by atoms with Crippen LogP contribution in [0.3, 0.4) is 0 Å². The molecule has 2 aliphatic heterocycles. The van der Waals surface area contributed by atoms with Gasteiger partial charge in [-0.1, -0.05) is 6.58 Å². The van der Waals surface area contributed by atoms with E-state index in [0.717, 1.165) is 12.8 Å². The molecule has 10 nitrogen and oxygen atoms in total. The summed E-state index contributed by atoms with van der Waals surface area (Å²) in [5.41, 5.74) is 0.102. The summed E-state index contributed by atoms with van der Waals surface area (Å²) >= 11 is 0. The van der Waals surface area contributed by atoms with Crippen molar-refractivity contribution in [3.05, 3.63) is 12.2 Å². The molecule has 1 aliphatic carbocycles. The number of rotatable bonds is 6. The Morgan fingerprint density at radius 3 is 2.57 bits per heavy atom. The number of hydrogen-bond acceptors (Lipinski definition) is 10. The summed E-state index contributed by atoms with van der Waals surface area (Å²) in [4.78, 5) is 60.6. The molecule has 0 aromatic rings. The van der Waals surface area contributed by atoms with E-state index >= 15 is 0 Å². The lowest BCUT2D eigenvalue weighted by atomic mass is 9.89. The van der Waals surface area contributed by atoms with Gasteiger partial charge < -0.3 is 23.7 Å². The molecule has 0 aromatic heterocycles. The fraction of sp³-hybridized carbons (Fsp3) is 0.650. The lowest BCUT2D eigenvalue weighted by molar-refractivity contribution is -0.200. The molecule has 0 aromatic carbocycles. The molecule has 10 heteroatoms. The summed E-state index contributed by atoms with van der Waals surface area (Å²) in [6, 6.07) is 0. The number of hydrogen-bond donors (Lipinski definition) is 0. The molecule has 0 amide bonds. The van der Waals surface area contributed by atoms with Crippen molar-refractivity contribution in [2.45, 2.75) is 64.1 Å². The van der Waals surface area contributed by atoms with Gasteiger partial charge in [0.05, 0.1) is 0 Å². The third-order valence-electron chi connectivity index (χ3n) is 5.31. The van der Waals surface area contributed by atoms with E-state index in [0.29, 0.717) is 12.8 Å². The largest absolute Gasteiger partial charge is 0.460 e. The van der Waals surface area contributed by atoms with Crippen LogP contribution in [-0.2, 0) is 47.7 Å². The first kappa shape index (κ1) is 21.9. The molecule has 3 rings (SSSR count). The zero-order valence-electron chi connectivity index (χ0n) is 16.8. The van der Waals surface area contributed by atoms with E-state index in [2.05, 4.69) is 6.58 Å². The number of fused-ring (bicyclic) bond motifs is 1. The summed E-state index contributed by atoms with van der Waals surface area (Å²) in [6.45, 7) is 5.69. The lowest BCUT2D eigenvalue weighted by Crippen LogP contribution is -2.40. The van der Waals surface area contributed by atoms with Crippen molar-refractivity contribution in [2.24, 2.45) is 11.8 Å². The molecule has 3 aliphatic rings. The van der Waals surface area contributed by atoms with E-state index in [-0.39, 0.29) is 11.4 Å². The zero-order valence-corrected chi connectivity index (χ0v) is 16.8. The molecule has 0 spiro atoms. The van der Waals surface area contributed by atoms with Crippen LogP contribution in [-0.4, -0.2) is 60.9 Å². The first-order valence-corrected chi connectivity index (χ1v) is 9.80. The van der Waals surface area contributed by atoms with Crippen LogP contribution in [0.4, 0.5) is 0 Å². The second-order valence-corrected chi connectivity index (χ2v) is 7.65. The Labute approximate surface area is 172 Å². The van der Waals surface area contributed by atoms with Crippen molar-refractivity contribution < 1.29 is 47.7 Å². The van der Waals surface area contributed by atoms with Gasteiger partial charge in [-0.15, -0.1) is 0 Å². The van der Waals surface area contributed by atoms with Crippen molar-refractivity contribution in [3.63, 3.8) is 0 Å². The Kier molecular flexibility index (Phi) is 6.55. The SMILES string of the molecule is C=C(C)C(=O)OCC(=O)OC1OC2C(C)OC(=O)C2C1C(=O)OC1CCCCC1=O. The third-order valence-corrected chi connectivity index (χ3v) is 5.31. The number of esters is 4. The highest BCUT2D eigenvalue weighted by Gasteiger charge is 2.61. The highest BCUT2D eigenvalue weighted by atomic mass is 16.7. The Bertz CT molecular complexity index is 772. The average molecular weight is 424 g/mol.